The van der Waals surface area contributed by atoms with Crippen molar-refractivity contribution >= 4 is 17.3 Å². The van der Waals surface area contributed by atoms with Gasteiger partial charge in [0.2, 0.25) is 5.89 Å². The maximum absolute atomic E-state index is 12.1. The number of anilines is 1. The Kier molecular flexibility index (Phi) is 3.88. The maximum Gasteiger partial charge on any atom is 0.292 e. The average Bonchev–Trinajstić information content (AvgIpc) is 2.85. The number of nitrogens with two attached hydrogens (primary N) is 1. The molecule has 0 radical (unpaired) electrons. The van der Waals surface area contributed by atoms with Crippen molar-refractivity contribution in [2.45, 2.75) is 19.9 Å². The van der Waals surface area contributed by atoms with Crippen LogP contribution in [0.5, 0.6) is 0 Å². The Morgan fingerprint density at radius 3 is 2.81 bits per heavy atom. The lowest BCUT2D eigenvalue weighted by Gasteiger charge is -2.11. The van der Waals surface area contributed by atoms with Crippen LogP contribution in [0.3, 0.4) is 0 Å². The van der Waals surface area contributed by atoms with Gasteiger partial charge >= 0.3 is 0 Å². The predicted molar refractivity (Wildman–Crippen MR) is 74.6 cm³/mol. The number of hydrogen-bond acceptors (Lipinski definition) is 6. The molecular formula is C13H14N4O4. The monoisotopic (exact) mass is 290 g/mol. The number of nitro benzene ring substituents is 1. The van der Waals surface area contributed by atoms with Gasteiger partial charge in [-0.25, -0.2) is 4.98 Å². The molecule has 1 unspecified atom stereocenters. The molecule has 1 atom stereocenters. The van der Waals surface area contributed by atoms with E-state index >= 15 is 0 Å². The Balaban J connectivity index is 2.21. The number of hydrogen-bond donors (Lipinski definition) is 2. The summed E-state index contributed by atoms with van der Waals surface area (Å²) in [4.78, 5) is 26.3. The predicted octanol–water partition coefficient (Wildman–Crippen LogP) is 1.96. The van der Waals surface area contributed by atoms with E-state index in [9.17, 15) is 14.9 Å². The topological polar surface area (TPSA) is 124 Å². The molecule has 0 saturated heterocycles. The number of benzene rings is 1. The summed E-state index contributed by atoms with van der Waals surface area (Å²) < 4.78 is 5.31. The molecule has 110 valence electrons. The molecule has 0 bridgehead atoms. The number of amides is 1. The summed E-state index contributed by atoms with van der Waals surface area (Å²) in [7, 11) is 0. The number of nitro groups is 1. The van der Waals surface area contributed by atoms with E-state index in [4.69, 9.17) is 10.2 Å². The van der Waals surface area contributed by atoms with Crippen LogP contribution in [0.25, 0.3) is 0 Å². The van der Waals surface area contributed by atoms with Crippen LogP contribution in [0.1, 0.15) is 35.0 Å². The van der Waals surface area contributed by atoms with E-state index in [1.54, 1.807) is 20.0 Å². The molecule has 1 amide bonds. The zero-order chi connectivity index (χ0) is 15.6. The number of nitrogens with one attached hydrogen (secondary N) is 1. The van der Waals surface area contributed by atoms with Crippen LogP contribution in [0.15, 0.2) is 28.8 Å². The number of aromatic nitrogens is 1. The Morgan fingerprint density at radius 1 is 1.52 bits per heavy atom. The first kappa shape index (κ1) is 14.5. The van der Waals surface area contributed by atoms with Gasteiger partial charge in [0.05, 0.1) is 16.7 Å². The lowest BCUT2D eigenvalue weighted by atomic mass is 10.1. The molecular weight excluding hydrogens is 276 g/mol. The summed E-state index contributed by atoms with van der Waals surface area (Å²) in [6, 6.07) is 3.59. The zero-order valence-electron chi connectivity index (χ0n) is 11.5. The molecule has 3 N–H and O–H groups in total. The highest BCUT2D eigenvalue weighted by molar-refractivity contribution is 6.01. The summed E-state index contributed by atoms with van der Waals surface area (Å²) >= 11 is 0. The molecule has 0 aliphatic carbocycles. The van der Waals surface area contributed by atoms with E-state index in [1.807, 2.05) is 0 Å². The molecule has 8 nitrogen and oxygen atoms in total. The van der Waals surface area contributed by atoms with Gasteiger partial charge in [-0.3, -0.25) is 14.9 Å². The quantitative estimate of drug-likeness (QED) is 0.504. The summed E-state index contributed by atoms with van der Waals surface area (Å²) in [5.41, 5.74) is 5.23. The van der Waals surface area contributed by atoms with E-state index in [0.717, 1.165) is 0 Å². The third-order valence-corrected chi connectivity index (χ3v) is 2.88. The lowest BCUT2D eigenvalue weighted by Crippen LogP contribution is -2.27. The third-order valence-electron chi connectivity index (χ3n) is 2.88. The number of carbonyl (C=O) groups is 1. The van der Waals surface area contributed by atoms with Crippen molar-refractivity contribution in [3.63, 3.8) is 0 Å². The highest BCUT2D eigenvalue weighted by atomic mass is 16.6. The molecule has 2 rings (SSSR count). The fourth-order valence-electron chi connectivity index (χ4n) is 1.82. The van der Waals surface area contributed by atoms with Gasteiger partial charge < -0.3 is 15.5 Å². The van der Waals surface area contributed by atoms with Gasteiger partial charge in [0.1, 0.15) is 17.5 Å². The van der Waals surface area contributed by atoms with E-state index in [0.29, 0.717) is 11.7 Å². The van der Waals surface area contributed by atoms with Crippen molar-refractivity contribution in [1.82, 2.24) is 10.3 Å². The fraction of sp³-hybridized carbons (Fsp3) is 0.231. The Morgan fingerprint density at radius 2 is 2.24 bits per heavy atom. The molecule has 1 aromatic heterocycles. The second kappa shape index (κ2) is 5.61. The van der Waals surface area contributed by atoms with Crippen molar-refractivity contribution in [3.8, 4) is 0 Å². The van der Waals surface area contributed by atoms with Gasteiger partial charge in [-0.2, -0.15) is 0 Å². The summed E-state index contributed by atoms with van der Waals surface area (Å²) in [6.07, 6.45) is 1.54. The van der Waals surface area contributed by atoms with Gasteiger partial charge in [0.15, 0.2) is 0 Å². The first-order valence-electron chi connectivity index (χ1n) is 6.16. The smallest absolute Gasteiger partial charge is 0.292 e. The highest BCUT2D eigenvalue weighted by Gasteiger charge is 2.21. The molecule has 0 aliphatic heterocycles. The van der Waals surface area contributed by atoms with Crippen LogP contribution in [-0.4, -0.2) is 15.8 Å². The average molecular weight is 290 g/mol. The first-order chi connectivity index (χ1) is 9.90. The van der Waals surface area contributed by atoms with Crippen LogP contribution in [0, 0.1) is 17.0 Å². The summed E-state index contributed by atoms with van der Waals surface area (Å²) in [5.74, 6) is 0.449. The lowest BCUT2D eigenvalue weighted by molar-refractivity contribution is -0.383. The Bertz CT molecular complexity index is 695. The van der Waals surface area contributed by atoms with Crippen molar-refractivity contribution in [3.05, 3.63) is 51.7 Å². The molecule has 0 spiro atoms. The molecule has 1 heterocycles. The number of aryl methyl sites for hydroxylation is 1. The molecule has 0 saturated carbocycles. The summed E-state index contributed by atoms with van der Waals surface area (Å²) in [6.45, 7) is 3.43. The third kappa shape index (κ3) is 2.99. The zero-order valence-corrected chi connectivity index (χ0v) is 11.5. The molecule has 0 fully saturated rings. The number of carbonyl (C=O) groups excluding carboxylic acids is 1. The van der Waals surface area contributed by atoms with E-state index in [1.165, 1.54) is 18.2 Å². The second-order valence-electron chi connectivity index (χ2n) is 4.50. The minimum absolute atomic E-state index is 0.0410. The maximum atomic E-state index is 12.1. The van der Waals surface area contributed by atoms with Gasteiger partial charge in [-0.15, -0.1) is 0 Å². The SMILES string of the molecule is Cc1cnc(C(C)NC(=O)c2cccc([N+](=O)[O-])c2N)o1. The highest BCUT2D eigenvalue weighted by Crippen LogP contribution is 2.25. The van der Waals surface area contributed by atoms with Crippen molar-refractivity contribution in [2.24, 2.45) is 0 Å². The number of nitrogens with zero attached hydrogens (tertiary/aromatic N) is 2. The number of nitrogen functional groups attached to an aromatic ring is 1. The minimum Gasteiger partial charge on any atom is -0.444 e. The van der Waals surface area contributed by atoms with E-state index in [-0.39, 0.29) is 16.9 Å². The second-order valence-corrected chi connectivity index (χ2v) is 4.50. The standard InChI is InChI=1S/C13H14N4O4/c1-7-6-15-13(21-7)8(2)16-12(18)9-4-3-5-10(11(9)14)17(19)20/h3-6,8H,14H2,1-2H3,(H,16,18). The molecule has 0 aliphatic rings. The number of oxazole rings is 1. The van der Waals surface area contributed by atoms with Crippen LogP contribution in [0.2, 0.25) is 0 Å². The Hall–Kier alpha value is -2.90. The minimum atomic E-state index is -0.632. The number of para-hydroxylation sites is 1. The molecule has 1 aromatic carbocycles. The largest absolute Gasteiger partial charge is 0.444 e. The Labute approximate surface area is 120 Å². The van der Waals surface area contributed by atoms with Crippen molar-refractivity contribution in [1.29, 1.82) is 0 Å². The first-order valence-corrected chi connectivity index (χ1v) is 6.16. The van der Waals surface area contributed by atoms with Gasteiger partial charge in [0, 0.05) is 6.07 Å². The van der Waals surface area contributed by atoms with Gasteiger partial charge in [0.25, 0.3) is 11.6 Å². The van der Waals surface area contributed by atoms with E-state index in [2.05, 4.69) is 10.3 Å². The van der Waals surface area contributed by atoms with Crippen molar-refractivity contribution < 1.29 is 14.1 Å². The van der Waals surface area contributed by atoms with Crippen LogP contribution >= 0.6 is 0 Å². The summed E-state index contributed by atoms with van der Waals surface area (Å²) in [5, 5.41) is 13.4. The van der Waals surface area contributed by atoms with Crippen LogP contribution < -0.4 is 11.1 Å². The van der Waals surface area contributed by atoms with Gasteiger partial charge in [-0.05, 0) is 19.9 Å². The van der Waals surface area contributed by atoms with Crippen LogP contribution in [0.4, 0.5) is 11.4 Å². The normalized spacial score (nSPS) is 11.9. The molecule has 2 aromatic rings. The van der Waals surface area contributed by atoms with Gasteiger partial charge in [-0.1, -0.05) is 6.07 Å². The van der Waals surface area contributed by atoms with E-state index < -0.39 is 16.9 Å². The molecule has 8 heteroatoms. The molecule has 21 heavy (non-hydrogen) atoms. The fourth-order valence-corrected chi connectivity index (χ4v) is 1.82. The van der Waals surface area contributed by atoms with Crippen molar-refractivity contribution in [2.75, 3.05) is 5.73 Å². The van der Waals surface area contributed by atoms with Crippen LogP contribution in [-0.2, 0) is 0 Å². The number of rotatable bonds is 4.